The van der Waals surface area contributed by atoms with E-state index in [9.17, 15) is 18.8 Å². The molecule has 1 heterocycles. The molecule has 39 heavy (non-hydrogen) atoms. The number of hydrogen-bond acceptors (Lipinski definition) is 6. The number of likely N-dealkylation sites (N-methyl/N-ethyl adjacent to an activating group) is 3. The van der Waals surface area contributed by atoms with Crippen LogP contribution in [0.15, 0.2) is 53.9 Å². The number of halogens is 1. The number of carbonyl (C=O) groups is 3. The molecule has 1 aromatic heterocycles. The van der Waals surface area contributed by atoms with Crippen LogP contribution in [0, 0.1) is 5.82 Å². The Labute approximate surface area is 232 Å². The molecule has 2 aromatic carbocycles. The van der Waals surface area contributed by atoms with Crippen molar-refractivity contribution in [3.8, 4) is 0 Å². The lowest BCUT2D eigenvalue weighted by molar-refractivity contribution is -0.149. The third-order valence-corrected chi connectivity index (χ3v) is 7.57. The van der Waals surface area contributed by atoms with Gasteiger partial charge in [0.15, 0.2) is 0 Å². The van der Waals surface area contributed by atoms with Gasteiger partial charge in [-0.2, -0.15) is 0 Å². The van der Waals surface area contributed by atoms with Crippen molar-refractivity contribution in [1.82, 2.24) is 15.1 Å². The molecule has 0 bridgehead atoms. The number of rotatable bonds is 12. The summed E-state index contributed by atoms with van der Waals surface area (Å²) in [7, 11) is 4.53. The van der Waals surface area contributed by atoms with Crippen LogP contribution >= 0.6 is 11.3 Å². The Bertz CT molecular complexity index is 1310. The molecule has 0 saturated heterocycles. The summed E-state index contributed by atoms with van der Waals surface area (Å²) in [5, 5.41) is 5.55. The van der Waals surface area contributed by atoms with E-state index in [0.717, 1.165) is 15.6 Å². The number of nitrogens with zero attached hydrogens (tertiary/aromatic N) is 2. The van der Waals surface area contributed by atoms with E-state index >= 15 is 0 Å². The lowest BCUT2D eigenvalue weighted by Gasteiger charge is -2.34. The Kier molecular flexibility index (Phi) is 10.2. The van der Waals surface area contributed by atoms with Crippen LogP contribution in [0.5, 0.6) is 0 Å². The molecule has 0 aliphatic heterocycles. The molecule has 210 valence electrons. The normalized spacial score (nSPS) is 13.1. The molecule has 0 saturated carbocycles. The molecule has 3 amide bonds. The standard InChI is InChI=1S/C29H37FN4O4S/c1-29(2,31)18-38-16-26(35)33(4)24(15-20-17-39-25-13-9-7-11-21(20)25)28(37)34(5)23(27(36)32-3)14-19-10-6-8-12-22(19)30/h6-13,17,23-24H,14-16,18,31H2,1-5H3,(H,32,36)/t23-,24-/m1/s1. The van der Waals surface area contributed by atoms with Crippen molar-refractivity contribution in [3.05, 3.63) is 70.9 Å². The number of ether oxygens (including phenoxy) is 1. The topological polar surface area (TPSA) is 105 Å². The Morgan fingerprint density at radius 1 is 1.00 bits per heavy atom. The molecule has 8 nitrogen and oxygen atoms in total. The lowest BCUT2D eigenvalue weighted by Crippen LogP contribution is -2.56. The molecule has 2 atom stereocenters. The van der Waals surface area contributed by atoms with Crippen molar-refractivity contribution in [2.75, 3.05) is 34.4 Å². The summed E-state index contributed by atoms with van der Waals surface area (Å²) >= 11 is 1.56. The molecule has 0 spiro atoms. The van der Waals surface area contributed by atoms with Gasteiger partial charge in [0.1, 0.15) is 24.5 Å². The van der Waals surface area contributed by atoms with E-state index in [-0.39, 0.29) is 26.1 Å². The number of fused-ring (bicyclic) bond motifs is 1. The van der Waals surface area contributed by atoms with Gasteiger partial charge in [0.2, 0.25) is 17.7 Å². The number of nitrogens with two attached hydrogens (primary N) is 1. The van der Waals surface area contributed by atoms with Crippen LogP contribution in [0.1, 0.15) is 25.0 Å². The average molecular weight is 557 g/mol. The van der Waals surface area contributed by atoms with Crippen molar-refractivity contribution in [3.63, 3.8) is 0 Å². The Balaban J connectivity index is 1.91. The Morgan fingerprint density at radius 2 is 1.64 bits per heavy atom. The molecular weight excluding hydrogens is 519 g/mol. The highest BCUT2D eigenvalue weighted by molar-refractivity contribution is 7.17. The van der Waals surface area contributed by atoms with E-state index in [1.807, 2.05) is 29.6 Å². The molecule has 0 unspecified atom stereocenters. The van der Waals surface area contributed by atoms with Gasteiger partial charge < -0.3 is 25.6 Å². The summed E-state index contributed by atoms with van der Waals surface area (Å²) in [5.74, 6) is -1.72. The minimum atomic E-state index is -0.987. The zero-order valence-electron chi connectivity index (χ0n) is 23.1. The van der Waals surface area contributed by atoms with Crippen molar-refractivity contribution in [2.24, 2.45) is 5.73 Å². The first-order valence-corrected chi connectivity index (χ1v) is 13.6. The predicted molar refractivity (Wildman–Crippen MR) is 152 cm³/mol. The van der Waals surface area contributed by atoms with Crippen LogP contribution in [-0.4, -0.2) is 79.5 Å². The maximum absolute atomic E-state index is 14.5. The highest BCUT2D eigenvalue weighted by Gasteiger charge is 2.35. The Morgan fingerprint density at radius 3 is 2.31 bits per heavy atom. The fourth-order valence-corrected chi connectivity index (χ4v) is 5.27. The maximum atomic E-state index is 14.5. The van der Waals surface area contributed by atoms with Crippen molar-refractivity contribution in [2.45, 2.75) is 44.3 Å². The lowest BCUT2D eigenvalue weighted by atomic mass is 9.99. The van der Waals surface area contributed by atoms with Crippen molar-refractivity contribution < 1.29 is 23.5 Å². The van der Waals surface area contributed by atoms with Gasteiger partial charge in [0, 0.05) is 44.2 Å². The summed E-state index contributed by atoms with van der Waals surface area (Å²) < 4.78 is 21.1. The van der Waals surface area contributed by atoms with E-state index in [4.69, 9.17) is 10.5 Å². The van der Waals surface area contributed by atoms with Gasteiger partial charge in [0.25, 0.3) is 0 Å². The van der Waals surface area contributed by atoms with Gasteiger partial charge in [-0.05, 0) is 47.9 Å². The van der Waals surface area contributed by atoms with Crippen LogP contribution in [0.4, 0.5) is 4.39 Å². The number of benzene rings is 2. The number of hydrogen-bond donors (Lipinski definition) is 2. The average Bonchev–Trinajstić information content (AvgIpc) is 3.31. The summed E-state index contributed by atoms with van der Waals surface area (Å²) in [4.78, 5) is 42.7. The molecule has 3 aromatic rings. The monoisotopic (exact) mass is 556 g/mol. The van der Waals surface area contributed by atoms with Gasteiger partial charge in [-0.1, -0.05) is 36.4 Å². The molecule has 3 N–H and O–H groups in total. The maximum Gasteiger partial charge on any atom is 0.249 e. The van der Waals surface area contributed by atoms with E-state index < -0.39 is 41.2 Å². The number of nitrogens with one attached hydrogen (secondary N) is 1. The second kappa shape index (κ2) is 13.1. The third-order valence-electron chi connectivity index (χ3n) is 6.56. The highest BCUT2D eigenvalue weighted by atomic mass is 32.1. The number of amides is 3. The van der Waals surface area contributed by atoms with E-state index in [1.54, 1.807) is 50.4 Å². The first kappa shape index (κ1) is 30.2. The van der Waals surface area contributed by atoms with Crippen molar-refractivity contribution in [1.29, 1.82) is 0 Å². The van der Waals surface area contributed by atoms with Crippen LogP contribution in [0.3, 0.4) is 0 Å². The smallest absolute Gasteiger partial charge is 0.249 e. The zero-order valence-corrected chi connectivity index (χ0v) is 23.9. The second-order valence-electron chi connectivity index (χ2n) is 10.3. The van der Waals surface area contributed by atoms with E-state index in [1.165, 1.54) is 30.0 Å². The number of carbonyl (C=O) groups excluding carboxylic acids is 3. The fourth-order valence-electron chi connectivity index (χ4n) is 4.30. The largest absolute Gasteiger partial charge is 0.370 e. The first-order chi connectivity index (χ1) is 18.4. The summed E-state index contributed by atoms with van der Waals surface area (Å²) in [5.41, 5.74) is 6.58. The molecule has 0 fully saturated rings. The van der Waals surface area contributed by atoms with Gasteiger partial charge in [-0.25, -0.2) is 4.39 Å². The Hall–Kier alpha value is -3.34. The van der Waals surface area contributed by atoms with Crippen molar-refractivity contribution >= 4 is 39.1 Å². The van der Waals surface area contributed by atoms with E-state index in [0.29, 0.717) is 5.56 Å². The molecule has 10 heteroatoms. The highest BCUT2D eigenvalue weighted by Crippen LogP contribution is 2.28. The van der Waals surface area contributed by atoms with Gasteiger partial charge in [-0.3, -0.25) is 14.4 Å². The van der Waals surface area contributed by atoms with Crippen LogP contribution < -0.4 is 11.1 Å². The quantitative estimate of drug-likeness (QED) is 0.357. The molecule has 0 aliphatic carbocycles. The van der Waals surface area contributed by atoms with Crippen LogP contribution in [-0.2, 0) is 32.0 Å². The zero-order chi connectivity index (χ0) is 28.7. The minimum absolute atomic E-state index is 0.0188. The molecular formula is C29H37FN4O4S. The summed E-state index contributed by atoms with van der Waals surface area (Å²) in [6.45, 7) is 3.50. The number of thiophene rings is 1. The molecule has 0 aliphatic rings. The molecule has 3 rings (SSSR count). The summed E-state index contributed by atoms with van der Waals surface area (Å²) in [6, 6.07) is 12.1. The first-order valence-electron chi connectivity index (χ1n) is 12.7. The summed E-state index contributed by atoms with van der Waals surface area (Å²) in [6.07, 6.45) is 0.215. The second-order valence-corrected chi connectivity index (χ2v) is 11.2. The SMILES string of the molecule is CNC(=O)[C@@H](Cc1ccccc1F)N(C)C(=O)[C@@H](Cc1csc2ccccc12)N(C)C(=O)COCC(C)(C)N. The fraction of sp³-hybridized carbons (Fsp3) is 0.414. The molecule has 0 radical (unpaired) electrons. The van der Waals surface area contributed by atoms with Crippen LogP contribution in [0.2, 0.25) is 0 Å². The van der Waals surface area contributed by atoms with Gasteiger partial charge in [-0.15, -0.1) is 11.3 Å². The third kappa shape index (κ3) is 7.84. The van der Waals surface area contributed by atoms with E-state index in [2.05, 4.69) is 5.32 Å². The van der Waals surface area contributed by atoms with Crippen LogP contribution in [0.25, 0.3) is 10.1 Å². The predicted octanol–water partition coefficient (Wildman–Crippen LogP) is 2.98. The van der Waals surface area contributed by atoms with Gasteiger partial charge >= 0.3 is 0 Å². The van der Waals surface area contributed by atoms with Gasteiger partial charge in [0.05, 0.1) is 6.61 Å². The minimum Gasteiger partial charge on any atom is -0.370 e.